The second-order valence-electron chi connectivity index (χ2n) is 5.62. The lowest BCUT2D eigenvalue weighted by atomic mass is 10.0. The van der Waals surface area contributed by atoms with Crippen LogP contribution in [0.3, 0.4) is 0 Å². The van der Waals surface area contributed by atoms with E-state index in [0.717, 1.165) is 37.6 Å². The van der Waals surface area contributed by atoms with E-state index in [1.54, 1.807) is 0 Å². The van der Waals surface area contributed by atoms with Crippen molar-refractivity contribution in [1.29, 1.82) is 0 Å². The van der Waals surface area contributed by atoms with Gasteiger partial charge in [-0.05, 0) is 48.0 Å². The maximum Gasteiger partial charge on any atom is 0.266 e. The van der Waals surface area contributed by atoms with Gasteiger partial charge in [-0.2, -0.15) is 0 Å². The molecule has 104 valence electrons. The fraction of sp³-hybridized carbons (Fsp3) is 0.714. The zero-order valence-corrected chi connectivity index (χ0v) is 12.7. The molecule has 1 saturated carbocycles. The lowest BCUT2D eigenvalue weighted by molar-refractivity contribution is 0.564. The van der Waals surface area contributed by atoms with Crippen molar-refractivity contribution in [3.05, 3.63) is 20.5 Å². The lowest BCUT2D eigenvalue weighted by Gasteiger charge is -2.27. The van der Waals surface area contributed by atoms with Crippen LogP contribution in [0.25, 0.3) is 0 Å². The zero-order chi connectivity index (χ0) is 13.2. The molecule has 1 saturated heterocycles. The first-order chi connectivity index (χ1) is 9.25. The van der Waals surface area contributed by atoms with Gasteiger partial charge in [-0.25, -0.2) is 4.98 Å². The van der Waals surface area contributed by atoms with Crippen molar-refractivity contribution in [2.75, 3.05) is 18.0 Å². The van der Waals surface area contributed by atoms with Crippen molar-refractivity contribution < 1.29 is 0 Å². The molecule has 0 aromatic carbocycles. The molecule has 0 atom stereocenters. The van der Waals surface area contributed by atoms with Gasteiger partial charge in [0.1, 0.15) is 4.47 Å². The van der Waals surface area contributed by atoms with E-state index in [0.29, 0.717) is 10.4 Å². The summed E-state index contributed by atoms with van der Waals surface area (Å²) in [7, 11) is 0. The predicted octanol–water partition coefficient (Wildman–Crippen LogP) is 3.18. The molecule has 0 unspecified atom stereocenters. The molecule has 0 spiro atoms. The first-order valence-electron chi connectivity index (χ1n) is 7.30. The molecule has 3 rings (SSSR count). The highest BCUT2D eigenvalue weighted by Gasteiger charge is 2.24. The summed E-state index contributed by atoms with van der Waals surface area (Å²) in [5.41, 5.74) is 0.944. The minimum Gasteiger partial charge on any atom is -0.342 e. The van der Waals surface area contributed by atoms with Crippen molar-refractivity contribution >= 4 is 21.9 Å². The van der Waals surface area contributed by atoms with Crippen molar-refractivity contribution in [3.63, 3.8) is 0 Å². The number of aromatic amines is 1. The van der Waals surface area contributed by atoms with E-state index in [-0.39, 0.29) is 5.56 Å². The van der Waals surface area contributed by atoms with Crippen LogP contribution in [-0.2, 0) is 0 Å². The summed E-state index contributed by atoms with van der Waals surface area (Å²) in [6.45, 7) is 2.02. The van der Waals surface area contributed by atoms with Crippen molar-refractivity contribution in [2.24, 2.45) is 0 Å². The number of rotatable bonds is 2. The summed E-state index contributed by atoms with van der Waals surface area (Å²) in [6.07, 6.45) is 8.50. The Labute approximate surface area is 121 Å². The van der Waals surface area contributed by atoms with Gasteiger partial charge < -0.3 is 4.90 Å². The summed E-state index contributed by atoms with van der Waals surface area (Å²) in [4.78, 5) is 22.0. The molecule has 2 heterocycles. The predicted molar refractivity (Wildman–Crippen MR) is 79.8 cm³/mol. The fourth-order valence-electron chi connectivity index (χ4n) is 3.19. The number of anilines is 1. The SMILES string of the molecule is O=c1[nH]c(N2CCCCC2)nc(C2CCCC2)c1Br. The van der Waals surface area contributed by atoms with Crippen LogP contribution in [0.1, 0.15) is 56.6 Å². The van der Waals surface area contributed by atoms with Crippen LogP contribution in [0.2, 0.25) is 0 Å². The van der Waals surface area contributed by atoms with E-state index in [1.807, 2.05) is 0 Å². The molecule has 1 aliphatic heterocycles. The van der Waals surface area contributed by atoms with E-state index in [9.17, 15) is 4.79 Å². The second kappa shape index (κ2) is 5.65. The van der Waals surface area contributed by atoms with Crippen LogP contribution in [0.5, 0.6) is 0 Å². The molecule has 2 fully saturated rings. The van der Waals surface area contributed by atoms with E-state index in [1.165, 1.54) is 32.1 Å². The van der Waals surface area contributed by atoms with Gasteiger partial charge in [-0.3, -0.25) is 9.78 Å². The van der Waals surface area contributed by atoms with Gasteiger partial charge in [0.05, 0.1) is 5.69 Å². The minimum atomic E-state index is -0.0301. The Morgan fingerprint density at radius 2 is 1.79 bits per heavy atom. The second-order valence-corrected chi connectivity index (χ2v) is 6.41. The summed E-state index contributed by atoms with van der Waals surface area (Å²) in [5, 5.41) is 0. The van der Waals surface area contributed by atoms with Gasteiger partial charge >= 0.3 is 0 Å². The molecule has 1 aromatic heterocycles. The maximum atomic E-state index is 12.1. The Balaban J connectivity index is 1.94. The Hall–Kier alpha value is -0.840. The maximum absolute atomic E-state index is 12.1. The van der Waals surface area contributed by atoms with Crippen LogP contribution >= 0.6 is 15.9 Å². The summed E-state index contributed by atoms with van der Waals surface area (Å²) in [6, 6.07) is 0. The van der Waals surface area contributed by atoms with E-state index in [2.05, 4.69) is 25.8 Å². The molecule has 0 radical (unpaired) electrons. The van der Waals surface area contributed by atoms with Crippen LogP contribution in [-0.4, -0.2) is 23.1 Å². The highest BCUT2D eigenvalue weighted by Crippen LogP contribution is 2.36. The van der Waals surface area contributed by atoms with Crippen LogP contribution < -0.4 is 10.5 Å². The normalized spacial score (nSPS) is 21.0. The number of aromatic nitrogens is 2. The number of nitrogens with zero attached hydrogens (tertiary/aromatic N) is 2. The van der Waals surface area contributed by atoms with Crippen molar-refractivity contribution in [1.82, 2.24) is 9.97 Å². The molecule has 1 aromatic rings. The number of H-pyrrole nitrogens is 1. The molecule has 0 bridgehead atoms. The Kier molecular flexibility index (Phi) is 3.91. The molecule has 19 heavy (non-hydrogen) atoms. The Morgan fingerprint density at radius 1 is 1.11 bits per heavy atom. The fourth-order valence-corrected chi connectivity index (χ4v) is 3.70. The van der Waals surface area contributed by atoms with E-state index < -0.39 is 0 Å². The standard InChI is InChI=1S/C14H20BrN3O/c15-11-12(10-6-2-3-7-10)16-14(17-13(11)19)18-8-4-1-5-9-18/h10H,1-9H2,(H,16,17,19). The Bertz CT molecular complexity index is 502. The number of hydrogen-bond donors (Lipinski definition) is 1. The number of halogens is 1. The van der Waals surface area contributed by atoms with Crippen LogP contribution in [0.4, 0.5) is 5.95 Å². The third-order valence-corrected chi connectivity index (χ3v) is 5.04. The molecule has 0 amide bonds. The third-order valence-electron chi connectivity index (χ3n) is 4.27. The molecule has 4 nitrogen and oxygen atoms in total. The number of hydrogen-bond acceptors (Lipinski definition) is 3. The molecular formula is C14H20BrN3O. The van der Waals surface area contributed by atoms with Gasteiger partial charge in [-0.1, -0.05) is 12.8 Å². The topological polar surface area (TPSA) is 49.0 Å². The van der Waals surface area contributed by atoms with Gasteiger partial charge in [0.25, 0.3) is 5.56 Å². The first kappa shape index (κ1) is 13.2. The van der Waals surface area contributed by atoms with Crippen LogP contribution in [0.15, 0.2) is 9.27 Å². The van der Waals surface area contributed by atoms with Crippen molar-refractivity contribution in [2.45, 2.75) is 50.9 Å². The van der Waals surface area contributed by atoms with Gasteiger partial charge in [0.2, 0.25) is 5.95 Å². The number of piperidine rings is 1. The summed E-state index contributed by atoms with van der Waals surface area (Å²) in [5.74, 6) is 1.23. The average molecular weight is 326 g/mol. The minimum absolute atomic E-state index is 0.0301. The van der Waals surface area contributed by atoms with Crippen molar-refractivity contribution in [3.8, 4) is 0 Å². The first-order valence-corrected chi connectivity index (χ1v) is 8.09. The quantitative estimate of drug-likeness (QED) is 0.908. The molecule has 1 aliphatic carbocycles. The van der Waals surface area contributed by atoms with E-state index in [4.69, 9.17) is 4.98 Å². The van der Waals surface area contributed by atoms with E-state index >= 15 is 0 Å². The van der Waals surface area contributed by atoms with Gasteiger partial charge in [-0.15, -0.1) is 0 Å². The smallest absolute Gasteiger partial charge is 0.266 e. The molecule has 5 heteroatoms. The average Bonchev–Trinajstić information content (AvgIpc) is 2.96. The molecular weight excluding hydrogens is 306 g/mol. The highest BCUT2D eigenvalue weighted by molar-refractivity contribution is 9.10. The molecule has 1 N–H and O–H groups in total. The summed E-state index contributed by atoms with van der Waals surface area (Å²) >= 11 is 3.42. The molecule has 2 aliphatic rings. The lowest BCUT2D eigenvalue weighted by Crippen LogP contribution is -2.33. The third kappa shape index (κ3) is 2.71. The van der Waals surface area contributed by atoms with Gasteiger partial charge in [0, 0.05) is 19.0 Å². The monoisotopic (exact) mass is 325 g/mol. The summed E-state index contributed by atoms with van der Waals surface area (Å²) < 4.78 is 0.639. The van der Waals surface area contributed by atoms with Crippen LogP contribution in [0, 0.1) is 0 Å². The zero-order valence-electron chi connectivity index (χ0n) is 11.1. The highest BCUT2D eigenvalue weighted by atomic mass is 79.9. The number of nitrogens with one attached hydrogen (secondary N) is 1. The Morgan fingerprint density at radius 3 is 2.47 bits per heavy atom. The van der Waals surface area contributed by atoms with Gasteiger partial charge in [0.15, 0.2) is 0 Å². The largest absolute Gasteiger partial charge is 0.342 e.